The molecular formula is C13H18N2O3S. The van der Waals surface area contributed by atoms with Gasteiger partial charge in [0.15, 0.2) is 0 Å². The summed E-state index contributed by atoms with van der Waals surface area (Å²) in [7, 11) is -1.99. The maximum absolute atomic E-state index is 12.2. The number of hydrogen-bond acceptors (Lipinski definition) is 4. The third-order valence-electron chi connectivity index (χ3n) is 3.00. The van der Waals surface area contributed by atoms with Crippen molar-refractivity contribution >= 4 is 15.9 Å². The Morgan fingerprint density at radius 3 is 2.58 bits per heavy atom. The van der Waals surface area contributed by atoms with Crippen molar-refractivity contribution in [3.8, 4) is 5.75 Å². The molecule has 1 heterocycles. The fraction of sp³-hybridized carbons (Fsp3) is 0.462. The Hall–Kier alpha value is -1.56. The molecule has 0 atom stereocenters. The molecule has 5 nitrogen and oxygen atoms in total. The molecule has 1 aromatic carbocycles. The SMILES string of the molecule is COc1ccc(S(=O)(=O)NC2=NCCCCC2)cc1. The van der Waals surface area contributed by atoms with Crippen molar-refractivity contribution in [3.63, 3.8) is 0 Å². The Bertz CT molecular complexity index is 550. The lowest BCUT2D eigenvalue weighted by Crippen LogP contribution is -2.30. The third-order valence-corrected chi connectivity index (χ3v) is 4.39. The minimum atomic E-state index is -3.54. The van der Waals surface area contributed by atoms with E-state index in [-0.39, 0.29) is 4.90 Å². The molecule has 0 spiro atoms. The molecule has 0 aliphatic carbocycles. The van der Waals surface area contributed by atoms with E-state index >= 15 is 0 Å². The van der Waals surface area contributed by atoms with Crippen LogP contribution in [0.3, 0.4) is 0 Å². The van der Waals surface area contributed by atoms with E-state index in [9.17, 15) is 8.42 Å². The normalized spacial score (nSPS) is 16.4. The van der Waals surface area contributed by atoms with Gasteiger partial charge in [0.25, 0.3) is 10.0 Å². The average molecular weight is 282 g/mol. The van der Waals surface area contributed by atoms with Crippen molar-refractivity contribution in [2.75, 3.05) is 13.7 Å². The van der Waals surface area contributed by atoms with Crippen molar-refractivity contribution in [3.05, 3.63) is 24.3 Å². The van der Waals surface area contributed by atoms with E-state index in [0.29, 0.717) is 24.6 Å². The van der Waals surface area contributed by atoms with Gasteiger partial charge in [-0.1, -0.05) is 6.42 Å². The summed E-state index contributed by atoms with van der Waals surface area (Å²) >= 11 is 0. The van der Waals surface area contributed by atoms with E-state index in [1.54, 1.807) is 19.2 Å². The van der Waals surface area contributed by atoms with Gasteiger partial charge in [0.1, 0.15) is 11.6 Å². The first-order chi connectivity index (χ1) is 9.12. The second-order valence-corrected chi connectivity index (χ2v) is 6.10. The summed E-state index contributed by atoms with van der Waals surface area (Å²) in [5.74, 6) is 1.19. The van der Waals surface area contributed by atoms with Crippen LogP contribution in [0.2, 0.25) is 0 Å². The van der Waals surface area contributed by atoms with Gasteiger partial charge in [0, 0.05) is 13.0 Å². The van der Waals surface area contributed by atoms with Crippen molar-refractivity contribution in [1.29, 1.82) is 0 Å². The van der Waals surface area contributed by atoms with Crippen LogP contribution in [0, 0.1) is 0 Å². The molecule has 0 amide bonds. The Morgan fingerprint density at radius 2 is 1.89 bits per heavy atom. The van der Waals surface area contributed by atoms with E-state index in [1.807, 2.05) is 0 Å². The average Bonchev–Trinajstić information content (AvgIpc) is 2.67. The summed E-state index contributed by atoms with van der Waals surface area (Å²) < 4.78 is 31.9. The highest BCUT2D eigenvalue weighted by Crippen LogP contribution is 2.16. The maximum Gasteiger partial charge on any atom is 0.262 e. The zero-order valence-electron chi connectivity index (χ0n) is 10.9. The summed E-state index contributed by atoms with van der Waals surface area (Å²) in [6, 6.07) is 6.31. The van der Waals surface area contributed by atoms with Gasteiger partial charge in [0.2, 0.25) is 0 Å². The number of aliphatic imine (C=N–C) groups is 1. The molecule has 0 bridgehead atoms. The highest BCUT2D eigenvalue weighted by Gasteiger charge is 2.16. The van der Waals surface area contributed by atoms with Crippen molar-refractivity contribution in [2.24, 2.45) is 4.99 Å². The molecule has 2 rings (SSSR count). The largest absolute Gasteiger partial charge is 0.497 e. The van der Waals surface area contributed by atoms with Gasteiger partial charge in [-0.05, 0) is 37.1 Å². The van der Waals surface area contributed by atoms with Crippen LogP contribution >= 0.6 is 0 Å². The first kappa shape index (κ1) is 13.9. The Kier molecular flexibility index (Phi) is 4.42. The number of ether oxygens (including phenoxy) is 1. The van der Waals surface area contributed by atoms with Crippen LogP contribution in [0.1, 0.15) is 25.7 Å². The predicted molar refractivity (Wildman–Crippen MR) is 74.1 cm³/mol. The summed E-state index contributed by atoms with van der Waals surface area (Å²) in [5.41, 5.74) is 0. The molecular weight excluding hydrogens is 264 g/mol. The van der Waals surface area contributed by atoms with E-state index in [1.165, 1.54) is 12.1 Å². The van der Waals surface area contributed by atoms with Crippen LogP contribution in [0.5, 0.6) is 5.75 Å². The number of nitrogens with zero attached hydrogens (tertiary/aromatic N) is 1. The first-order valence-electron chi connectivity index (χ1n) is 6.32. The summed E-state index contributed by atoms with van der Waals surface area (Å²) in [6.07, 6.45) is 3.78. The highest BCUT2D eigenvalue weighted by molar-refractivity contribution is 7.90. The van der Waals surface area contributed by atoms with Crippen molar-refractivity contribution < 1.29 is 13.2 Å². The van der Waals surface area contributed by atoms with Crippen LogP contribution in [0.25, 0.3) is 0 Å². The van der Waals surface area contributed by atoms with Gasteiger partial charge in [-0.3, -0.25) is 9.71 Å². The zero-order chi connectivity index (χ0) is 13.7. The molecule has 0 unspecified atom stereocenters. The fourth-order valence-corrected chi connectivity index (χ4v) is 3.02. The molecule has 104 valence electrons. The lowest BCUT2D eigenvalue weighted by atomic mass is 10.2. The number of benzene rings is 1. The Morgan fingerprint density at radius 1 is 1.16 bits per heavy atom. The molecule has 0 saturated heterocycles. The minimum Gasteiger partial charge on any atom is -0.497 e. The van der Waals surface area contributed by atoms with Gasteiger partial charge in [0.05, 0.1) is 12.0 Å². The number of amidine groups is 1. The number of methoxy groups -OCH3 is 1. The third kappa shape index (κ3) is 3.70. The molecule has 1 aliphatic rings. The maximum atomic E-state index is 12.2. The number of sulfonamides is 1. The first-order valence-corrected chi connectivity index (χ1v) is 7.80. The van der Waals surface area contributed by atoms with Crippen LogP contribution in [0.4, 0.5) is 0 Å². The fourth-order valence-electron chi connectivity index (χ4n) is 1.93. The standard InChI is InChI=1S/C13H18N2O3S/c1-18-11-6-8-12(9-7-11)19(16,17)15-13-5-3-2-4-10-14-13/h6-9H,2-5,10H2,1H3,(H,14,15). The number of nitrogens with one attached hydrogen (secondary N) is 1. The van der Waals surface area contributed by atoms with Crippen LogP contribution in [0.15, 0.2) is 34.2 Å². The van der Waals surface area contributed by atoms with E-state index in [2.05, 4.69) is 9.71 Å². The number of rotatable bonds is 3. The molecule has 0 fully saturated rings. The smallest absolute Gasteiger partial charge is 0.262 e. The van der Waals surface area contributed by atoms with Gasteiger partial charge in [-0.2, -0.15) is 0 Å². The lowest BCUT2D eigenvalue weighted by molar-refractivity contribution is 0.414. The van der Waals surface area contributed by atoms with E-state index in [4.69, 9.17) is 4.74 Å². The van der Waals surface area contributed by atoms with Crippen LogP contribution in [-0.2, 0) is 10.0 Å². The molecule has 0 radical (unpaired) electrons. The summed E-state index contributed by atoms with van der Waals surface area (Å²) in [5, 5.41) is 0. The second kappa shape index (κ2) is 6.06. The molecule has 0 saturated carbocycles. The number of hydrogen-bond donors (Lipinski definition) is 1. The molecule has 0 aromatic heterocycles. The van der Waals surface area contributed by atoms with Crippen LogP contribution < -0.4 is 9.46 Å². The van der Waals surface area contributed by atoms with Crippen molar-refractivity contribution in [2.45, 2.75) is 30.6 Å². The monoisotopic (exact) mass is 282 g/mol. The Labute approximate surface area is 113 Å². The van der Waals surface area contributed by atoms with Crippen molar-refractivity contribution in [1.82, 2.24) is 4.72 Å². The summed E-state index contributed by atoms with van der Waals surface area (Å²) in [4.78, 5) is 4.49. The van der Waals surface area contributed by atoms with Gasteiger partial charge in [-0.15, -0.1) is 0 Å². The molecule has 19 heavy (non-hydrogen) atoms. The van der Waals surface area contributed by atoms with E-state index in [0.717, 1.165) is 19.3 Å². The van der Waals surface area contributed by atoms with Gasteiger partial charge >= 0.3 is 0 Å². The summed E-state index contributed by atoms with van der Waals surface area (Å²) in [6.45, 7) is 0.695. The predicted octanol–water partition coefficient (Wildman–Crippen LogP) is 1.95. The van der Waals surface area contributed by atoms with Crippen LogP contribution in [-0.4, -0.2) is 27.9 Å². The molecule has 1 N–H and O–H groups in total. The molecule has 1 aromatic rings. The van der Waals surface area contributed by atoms with Gasteiger partial charge < -0.3 is 4.74 Å². The Balaban J connectivity index is 2.14. The second-order valence-electron chi connectivity index (χ2n) is 4.42. The lowest BCUT2D eigenvalue weighted by Gasteiger charge is -2.10. The quantitative estimate of drug-likeness (QED) is 0.921. The highest BCUT2D eigenvalue weighted by atomic mass is 32.2. The van der Waals surface area contributed by atoms with Gasteiger partial charge in [-0.25, -0.2) is 8.42 Å². The topological polar surface area (TPSA) is 67.8 Å². The van der Waals surface area contributed by atoms with E-state index < -0.39 is 10.0 Å². The molecule has 6 heteroatoms. The minimum absolute atomic E-state index is 0.222. The zero-order valence-corrected chi connectivity index (χ0v) is 11.7. The molecule has 1 aliphatic heterocycles.